The molecule has 1 aromatic rings. The summed E-state index contributed by atoms with van der Waals surface area (Å²) in [6.07, 6.45) is 5.50. The molecule has 1 nitrogen and oxygen atoms in total. The molecule has 1 fully saturated rings. The Balaban J connectivity index is 1.58. The minimum atomic E-state index is 0.789. The van der Waals surface area contributed by atoms with Crippen LogP contribution in [0.25, 0.3) is 0 Å². The van der Waals surface area contributed by atoms with Gasteiger partial charge in [0.25, 0.3) is 0 Å². The number of piperidine rings is 1. The van der Waals surface area contributed by atoms with Gasteiger partial charge in [0.2, 0.25) is 0 Å². The fourth-order valence-corrected chi connectivity index (χ4v) is 3.18. The molecule has 1 aliphatic heterocycles. The highest BCUT2D eigenvalue weighted by Gasteiger charge is 2.11. The number of hydrogen-bond acceptors (Lipinski definition) is 2. The van der Waals surface area contributed by atoms with Gasteiger partial charge in [-0.05, 0) is 37.1 Å². The summed E-state index contributed by atoms with van der Waals surface area (Å²) in [5.74, 6) is 2.44. The fourth-order valence-electron chi connectivity index (χ4n) is 2.16. The molecule has 1 aromatic carbocycles. The zero-order chi connectivity index (χ0) is 11.1. The van der Waals surface area contributed by atoms with Gasteiger partial charge >= 0.3 is 0 Å². The highest BCUT2D eigenvalue weighted by atomic mass is 32.2. The first-order valence-corrected chi connectivity index (χ1v) is 7.46. The maximum Gasteiger partial charge on any atom is 0.0184 e. The van der Waals surface area contributed by atoms with Crippen molar-refractivity contribution in [2.24, 2.45) is 0 Å². The van der Waals surface area contributed by atoms with E-state index in [1.54, 1.807) is 0 Å². The molecular weight excluding hydrogens is 214 g/mol. The van der Waals surface area contributed by atoms with Crippen molar-refractivity contribution >= 4 is 11.8 Å². The number of thioether (sulfide) groups is 1. The average molecular weight is 235 g/mol. The summed E-state index contributed by atoms with van der Waals surface area (Å²) >= 11 is 2.06. The summed E-state index contributed by atoms with van der Waals surface area (Å²) in [6, 6.07) is 11.5. The van der Waals surface area contributed by atoms with Crippen LogP contribution in [0.1, 0.15) is 31.2 Å². The van der Waals surface area contributed by atoms with Gasteiger partial charge in [0.15, 0.2) is 0 Å². The molecule has 0 saturated carbocycles. The minimum Gasteiger partial charge on any atom is -0.314 e. The number of rotatable bonds is 5. The highest BCUT2D eigenvalue weighted by molar-refractivity contribution is 7.98. The number of benzene rings is 1. The molecule has 1 N–H and O–H groups in total. The van der Waals surface area contributed by atoms with Crippen molar-refractivity contribution < 1.29 is 0 Å². The van der Waals surface area contributed by atoms with Crippen LogP contribution in [0, 0.1) is 0 Å². The van der Waals surface area contributed by atoms with E-state index in [2.05, 4.69) is 47.4 Å². The Hall–Kier alpha value is -0.470. The SMILES string of the molecule is c1ccc(CSCCC2CCCCN2)cc1. The summed E-state index contributed by atoms with van der Waals surface area (Å²) in [5, 5.41) is 3.60. The Kier molecular flexibility index (Phi) is 5.23. The first kappa shape index (κ1) is 12.0. The monoisotopic (exact) mass is 235 g/mol. The molecule has 88 valence electrons. The van der Waals surface area contributed by atoms with Crippen LogP contribution in [0.15, 0.2) is 30.3 Å². The predicted octanol–water partition coefficient (Wildman–Crippen LogP) is 3.45. The second-order valence-corrected chi connectivity index (χ2v) is 5.58. The minimum absolute atomic E-state index is 0.789. The van der Waals surface area contributed by atoms with Crippen molar-refractivity contribution in [2.45, 2.75) is 37.5 Å². The first-order chi connectivity index (χ1) is 7.95. The molecule has 0 aliphatic carbocycles. The maximum absolute atomic E-state index is 3.60. The van der Waals surface area contributed by atoms with Gasteiger partial charge in [-0.25, -0.2) is 0 Å². The van der Waals surface area contributed by atoms with Crippen LogP contribution in [-0.2, 0) is 5.75 Å². The lowest BCUT2D eigenvalue weighted by Crippen LogP contribution is -2.34. The van der Waals surface area contributed by atoms with E-state index < -0.39 is 0 Å². The molecule has 0 amide bonds. The molecule has 1 unspecified atom stereocenters. The Bertz CT molecular complexity index is 280. The Morgan fingerprint density at radius 3 is 2.81 bits per heavy atom. The van der Waals surface area contributed by atoms with E-state index in [9.17, 15) is 0 Å². The normalized spacial score (nSPS) is 20.9. The molecular formula is C14H21NS. The van der Waals surface area contributed by atoms with Gasteiger partial charge in [-0.2, -0.15) is 11.8 Å². The van der Waals surface area contributed by atoms with Gasteiger partial charge in [-0.3, -0.25) is 0 Å². The van der Waals surface area contributed by atoms with Crippen LogP contribution in [-0.4, -0.2) is 18.3 Å². The molecule has 1 atom stereocenters. The van der Waals surface area contributed by atoms with Gasteiger partial charge in [-0.1, -0.05) is 36.8 Å². The van der Waals surface area contributed by atoms with Crippen LogP contribution < -0.4 is 5.32 Å². The maximum atomic E-state index is 3.60. The number of nitrogens with one attached hydrogen (secondary N) is 1. The quantitative estimate of drug-likeness (QED) is 0.785. The molecule has 0 bridgehead atoms. The van der Waals surface area contributed by atoms with Gasteiger partial charge in [-0.15, -0.1) is 0 Å². The molecule has 0 spiro atoms. The van der Waals surface area contributed by atoms with Crippen molar-refractivity contribution in [1.82, 2.24) is 5.32 Å². The molecule has 16 heavy (non-hydrogen) atoms. The van der Waals surface area contributed by atoms with E-state index in [0.717, 1.165) is 11.8 Å². The fraction of sp³-hybridized carbons (Fsp3) is 0.571. The van der Waals surface area contributed by atoms with Gasteiger partial charge in [0.05, 0.1) is 0 Å². The zero-order valence-electron chi connectivity index (χ0n) is 9.82. The van der Waals surface area contributed by atoms with Crippen LogP contribution in [0.5, 0.6) is 0 Å². The predicted molar refractivity (Wildman–Crippen MR) is 72.9 cm³/mol. The van der Waals surface area contributed by atoms with Crippen molar-refractivity contribution in [3.05, 3.63) is 35.9 Å². The third-order valence-electron chi connectivity index (χ3n) is 3.13. The lowest BCUT2D eigenvalue weighted by molar-refractivity contribution is 0.395. The standard InChI is InChI=1S/C14H21NS/c1-2-6-13(7-3-1)12-16-11-9-14-8-4-5-10-15-14/h1-3,6-7,14-15H,4-5,8-12H2. The zero-order valence-corrected chi connectivity index (χ0v) is 10.6. The lowest BCUT2D eigenvalue weighted by atomic mass is 10.0. The Morgan fingerprint density at radius 2 is 2.06 bits per heavy atom. The van der Waals surface area contributed by atoms with E-state index in [-0.39, 0.29) is 0 Å². The van der Waals surface area contributed by atoms with E-state index in [4.69, 9.17) is 0 Å². The third-order valence-corrected chi connectivity index (χ3v) is 4.20. The summed E-state index contributed by atoms with van der Waals surface area (Å²) < 4.78 is 0. The molecule has 0 radical (unpaired) electrons. The van der Waals surface area contributed by atoms with E-state index >= 15 is 0 Å². The van der Waals surface area contributed by atoms with Crippen molar-refractivity contribution in [2.75, 3.05) is 12.3 Å². The summed E-state index contributed by atoms with van der Waals surface area (Å²) in [6.45, 7) is 1.23. The van der Waals surface area contributed by atoms with Crippen LogP contribution in [0.2, 0.25) is 0 Å². The third kappa shape index (κ3) is 4.18. The Labute approximate surface area is 103 Å². The largest absolute Gasteiger partial charge is 0.314 e. The van der Waals surface area contributed by atoms with Crippen molar-refractivity contribution in [1.29, 1.82) is 0 Å². The lowest BCUT2D eigenvalue weighted by Gasteiger charge is -2.23. The Morgan fingerprint density at radius 1 is 1.19 bits per heavy atom. The van der Waals surface area contributed by atoms with Gasteiger partial charge in [0, 0.05) is 11.8 Å². The van der Waals surface area contributed by atoms with Crippen molar-refractivity contribution in [3.63, 3.8) is 0 Å². The summed E-state index contributed by atoms with van der Waals surface area (Å²) in [7, 11) is 0. The molecule has 2 heteroatoms. The highest BCUT2D eigenvalue weighted by Crippen LogP contribution is 2.16. The van der Waals surface area contributed by atoms with Crippen LogP contribution in [0.4, 0.5) is 0 Å². The second-order valence-electron chi connectivity index (χ2n) is 4.47. The average Bonchev–Trinajstić information content (AvgIpc) is 2.37. The van der Waals surface area contributed by atoms with E-state index in [1.165, 1.54) is 43.5 Å². The second kappa shape index (κ2) is 6.97. The molecule has 1 saturated heterocycles. The molecule has 2 rings (SSSR count). The van der Waals surface area contributed by atoms with Crippen molar-refractivity contribution in [3.8, 4) is 0 Å². The topological polar surface area (TPSA) is 12.0 Å². The van der Waals surface area contributed by atoms with Gasteiger partial charge in [0.1, 0.15) is 0 Å². The number of hydrogen-bond donors (Lipinski definition) is 1. The van der Waals surface area contributed by atoms with Crippen LogP contribution in [0.3, 0.4) is 0 Å². The van der Waals surface area contributed by atoms with Crippen LogP contribution >= 0.6 is 11.8 Å². The smallest absolute Gasteiger partial charge is 0.0184 e. The van der Waals surface area contributed by atoms with E-state index in [1.807, 2.05) is 0 Å². The van der Waals surface area contributed by atoms with Gasteiger partial charge < -0.3 is 5.32 Å². The molecule has 1 aliphatic rings. The molecule has 1 heterocycles. The first-order valence-electron chi connectivity index (χ1n) is 6.30. The molecule has 0 aromatic heterocycles. The summed E-state index contributed by atoms with van der Waals surface area (Å²) in [4.78, 5) is 0. The van der Waals surface area contributed by atoms with E-state index in [0.29, 0.717) is 0 Å². The summed E-state index contributed by atoms with van der Waals surface area (Å²) in [5.41, 5.74) is 1.45.